The van der Waals surface area contributed by atoms with Crippen molar-refractivity contribution in [1.29, 1.82) is 0 Å². The first kappa shape index (κ1) is 23.9. The average Bonchev–Trinajstić information content (AvgIpc) is 3.32. The summed E-state index contributed by atoms with van der Waals surface area (Å²) in [5.41, 5.74) is 2.86. The normalized spacial score (nSPS) is 11.2. The third kappa shape index (κ3) is 4.97. The molecule has 3 aromatic carbocycles. The number of amides is 2. The van der Waals surface area contributed by atoms with Gasteiger partial charge < -0.3 is 10.6 Å². The van der Waals surface area contributed by atoms with E-state index in [0.29, 0.717) is 17.8 Å². The first-order valence-electron chi connectivity index (χ1n) is 12.0. The largest absolute Gasteiger partial charge is 0.337 e. The molecule has 37 heavy (non-hydrogen) atoms. The number of carbonyl (C=O) groups is 1. The van der Waals surface area contributed by atoms with Crippen LogP contribution < -0.4 is 10.6 Å². The molecule has 0 aliphatic rings. The topological polar surface area (TPSA) is 71.8 Å². The zero-order valence-corrected chi connectivity index (χ0v) is 20.1. The summed E-state index contributed by atoms with van der Waals surface area (Å²) < 4.78 is 17.4. The molecule has 0 aliphatic heterocycles. The van der Waals surface area contributed by atoms with Crippen LogP contribution in [0.15, 0.2) is 122 Å². The fraction of sp³-hybridized carbons (Fsp3) is 0.100. The van der Waals surface area contributed by atoms with Gasteiger partial charge in [0.25, 0.3) is 6.08 Å². The number of nitrogens with one attached hydrogen (secondary N) is 2. The monoisotopic (exact) mass is 491 g/mol. The fourth-order valence-electron chi connectivity index (χ4n) is 4.63. The van der Waals surface area contributed by atoms with E-state index in [9.17, 15) is 4.79 Å². The molecule has 0 atom stereocenters. The molecule has 0 unspecified atom stereocenters. The third-order valence-corrected chi connectivity index (χ3v) is 6.23. The Labute approximate surface area is 214 Å². The van der Waals surface area contributed by atoms with Crippen LogP contribution in [0.1, 0.15) is 22.4 Å². The molecule has 2 amide bonds. The van der Waals surface area contributed by atoms with E-state index in [-0.39, 0.29) is 12.6 Å². The van der Waals surface area contributed by atoms with Crippen LogP contribution in [-0.2, 0) is 12.0 Å². The second-order valence-electron chi connectivity index (χ2n) is 8.55. The van der Waals surface area contributed by atoms with E-state index in [2.05, 4.69) is 20.6 Å². The van der Waals surface area contributed by atoms with Crippen LogP contribution in [0.5, 0.6) is 0 Å². The van der Waals surface area contributed by atoms with E-state index >= 15 is 4.39 Å². The van der Waals surface area contributed by atoms with Gasteiger partial charge in [-0.1, -0.05) is 91.0 Å². The van der Waals surface area contributed by atoms with Crippen molar-refractivity contribution in [3.05, 3.63) is 150 Å². The number of nitrogens with zero attached hydrogens (tertiary/aromatic N) is 3. The van der Waals surface area contributed by atoms with Crippen LogP contribution in [-0.4, -0.2) is 27.1 Å². The molecule has 0 fully saturated rings. The van der Waals surface area contributed by atoms with Crippen molar-refractivity contribution in [2.24, 2.45) is 0 Å². The quantitative estimate of drug-likeness (QED) is 0.277. The van der Waals surface area contributed by atoms with Crippen LogP contribution in [0.4, 0.5) is 14.9 Å². The van der Waals surface area contributed by atoms with Gasteiger partial charge in [-0.05, 0) is 28.8 Å². The Kier molecular flexibility index (Phi) is 7.03. The SMILES string of the molecule is O=C(NCCc1cn(C(c2ccccc2)(c2ccccc2)c2ccccc2)c(F)n1)Nc1cccnc1. The minimum atomic E-state index is -0.982. The Morgan fingerprint density at radius 3 is 1.89 bits per heavy atom. The van der Waals surface area contributed by atoms with Crippen molar-refractivity contribution in [2.45, 2.75) is 12.0 Å². The summed E-state index contributed by atoms with van der Waals surface area (Å²) in [5, 5.41) is 5.51. The van der Waals surface area contributed by atoms with Crippen molar-refractivity contribution in [3.63, 3.8) is 0 Å². The molecule has 2 aromatic heterocycles. The summed E-state index contributed by atoms with van der Waals surface area (Å²) in [4.78, 5) is 20.5. The highest BCUT2D eigenvalue weighted by atomic mass is 19.1. The molecule has 2 heterocycles. The molecule has 0 radical (unpaired) electrons. The lowest BCUT2D eigenvalue weighted by Gasteiger charge is -2.37. The molecule has 6 nitrogen and oxygen atoms in total. The van der Waals surface area contributed by atoms with E-state index in [0.717, 1.165) is 16.7 Å². The van der Waals surface area contributed by atoms with Gasteiger partial charge in [0.2, 0.25) is 0 Å². The first-order chi connectivity index (χ1) is 18.2. The van der Waals surface area contributed by atoms with Crippen LogP contribution >= 0.6 is 0 Å². The van der Waals surface area contributed by atoms with Crippen molar-refractivity contribution >= 4 is 11.7 Å². The molecule has 0 aliphatic carbocycles. The predicted molar refractivity (Wildman–Crippen MR) is 142 cm³/mol. The number of rotatable bonds is 8. The third-order valence-electron chi connectivity index (χ3n) is 6.23. The zero-order chi connectivity index (χ0) is 25.5. The standard InChI is InChI=1S/C30H26FN5O/c31-28-34-27(18-20-33-29(37)35-26-17-10-19-32-21-26)22-36(28)30(23-11-4-1-5-12-23,24-13-6-2-7-14-24)25-15-8-3-9-16-25/h1-17,19,21-22H,18,20H2,(H2,33,35,37). The summed E-state index contributed by atoms with van der Waals surface area (Å²) >= 11 is 0. The lowest BCUT2D eigenvalue weighted by Crippen LogP contribution is -2.38. The highest BCUT2D eigenvalue weighted by Gasteiger charge is 2.40. The lowest BCUT2D eigenvalue weighted by atomic mass is 9.76. The Balaban J connectivity index is 1.49. The smallest absolute Gasteiger partial charge is 0.319 e. The molecule has 0 saturated carbocycles. The Bertz CT molecular complexity index is 1340. The van der Waals surface area contributed by atoms with Crippen LogP contribution in [0.25, 0.3) is 0 Å². The number of hydrogen-bond acceptors (Lipinski definition) is 3. The summed E-state index contributed by atoms with van der Waals surface area (Å²) in [5.74, 6) is 0. The number of urea groups is 1. The molecule has 2 N–H and O–H groups in total. The van der Waals surface area contributed by atoms with Gasteiger partial charge in [-0.3, -0.25) is 9.55 Å². The number of pyridine rings is 1. The van der Waals surface area contributed by atoms with Gasteiger partial charge in [0, 0.05) is 25.4 Å². The summed E-state index contributed by atoms with van der Waals surface area (Å²) in [6.45, 7) is 0.289. The number of imidazole rings is 1. The summed E-state index contributed by atoms with van der Waals surface area (Å²) in [7, 11) is 0. The van der Waals surface area contributed by atoms with E-state index in [1.165, 1.54) is 0 Å². The maximum absolute atomic E-state index is 15.8. The predicted octanol–water partition coefficient (Wildman–Crippen LogP) is 5.62. The number of aromatic nitrogens is 3. The van der Waals surface area contributed by atoms with Crippen molar-refractivity contribution in [1.82, 2.24) is 19.9 Å². The molecule has 0 bridgehead atoms. The average molecular weight is 492 g/mol. The zero-order valence-electron chi connectivity index (χ0n) is 20.1. The Morgan fingerprint density at radius 1 is 0.811 bits per heavy atom. The molecular formula is C30H26FN5O. The van der Waals surface area contributed by atoms with E-state index < -0.39 is 11.6 Å². The van der Waals surface area contributed by atoms with Crippen molar-refractivity contribution in [3.8, 4) is 0 Å². The van der Waals surface area contributed by atoms with Gasteiger partial charge in [-0.15, -0.1) is 0 Å². The second-order valence-corrected chi connectivity index (χ2v) is 8.55. The molecule has 5 rings (SSSR count). The van der Waals surface area contributed by atoms with Crippen LogP contribution in [0, 0.1) is 6.08 Å². The van der Waals surface area contributed by atoms with Gasteiger partial charge in [0.05, 0.1) is 17.6 Å². The molecule has 0 saturated heterocycles. The molecule has 0 spiro atoms. The summed E-state index contributed by atoms with van der Waals surface area (Å²) in [6.07, 6.45) is 4.69. The fourth-order valence-corrected chi connectivity index (χ4v) is 4.63. The van der Waals surface area contributed by atoms with Gasteiger partial charge in [-0.25, -0.2) is 9.78 Å². The summed E-state index contributed by atoms with van der Waals surface area (Å²) in [6, 6.07) is 32.7. The van der Waals surface area contributed by atoms with E-state index in [1.807, 2.05) is 91.0 Å². The molecule has 5 aromatic rings. The Hall–Kier alpha value is -4.78. The van der Waals surface area contributed by atoms with Crippen molar-refractivity contribution in [2.75, 3.05) is 11.9 Å². The maximum atomic E-state index is 15.8. The molecule has 7 heteroatoms. The number of halogens is 1. The Morgan fingerprint density at radius 2 is 1.38 bits per heavy atom. The number of hydrogen-bond donors (Lipinski definition) is 2. The minimum Gasteiger partial charge on any atom is -0.337 e. The lowest BCUT2D eigenvalue weighted by molar-refractivity contribution is 0.252. The molecule has 184 valence electrons. The van der Waals surface area contributed by atoms with Gasteiger partial charge in [-0.2, -0.15) is 4.39 Å². The maximum Gasteiger partial charge on any atom is 0.319 e. The van der Waals surface area contributed by atoms with Gasteiger partial charge >= 0.3 is 6.03 Å². The minimum absolute atomic E-state index is 0.289. The second kappa shape index (κ2) is 10.9. The van der Waals surface area contributed by atoms with Gasteiger partial charge in [0.1, 0.15) is 5.54 Å². The first-order valence-corrected chi connectivity index (χ1v) is 12.0. The van der Waals surface area contributed by atoms with Crippen LogP contribution in [0.3, 0.4) is 0 Å². The molecular weight excluding hydrogens is 465 g/mol. The van der Waals surface area contributed by atoms with Gasteiger partial charge in [0.15, 0.2) is 0 Å². The highest BCUT2D eigenvalue weighted by molar-refractivity contribution is 5.88. The van der Waals surface area contributed by atoms with E-state index in [4.69, 9.17) is 0 Å². The number of benzene rings is 3. The highest BCUT2D eigenvalue weighted by Crippen LogP contribution is 2.41. The number of anilines is 1. The van der Waals surface area contributed by atoms with E-state index in [1.54, 1.807) is 35.3 Å². The number of carbonyl (C=O) groups excluding carboxylic acids is 1. The van der Waals surface area contributed by atoms with Crippen molar-refractivity contribution < 1.29 is 9.18 Å². The van der Waals surface area contributed by atoms with Crippen LogP contribution in [0.2, 0.25) is 0 Å².